The molecule has 1 heterocycles. The van der Waals surface area contributed by atoms with Crippen LogP contribution in [0.5, 0.6) is 0 Å². The van der Waals surface area contributed by atoms with E-state index >= 15 is 0 Å². The lowest BCUT2D eigenvalue weighted by Crippen LogP contribution is -2.00. The number of carbonyl (C=O) groups excluding carboxylic acids is 1. The summed E-state index contributed by atoms with van der Waals surface area (Å²) >= 11 is 0. The lowest BCUT2D eigenvalue weighted by atomic mass is 10.2. The lowest BCUT2D eigenvalue weighted by Gasteiger charge is -1.99. The number of esters is 1. The predicted octanol–water partition coefficient (Wildman–Crippen LogP) is 2.09. The van der Waals surface area contributed by atoms with Crippen molar-refractivity contribution in [2.24, 2.45) is 0 Å². The van der Waals surface area contributed by atoms with Gasteiger partial charge in [-0.2, -0.15) is 0 Å². The Hall–Kier alpha value is -1.64. The Morgan fingerprint density at radius 3 is 3.07 bits per heavy atom. The number of rotatable bonds is 5. The second-order valence-electron chi connectivity index (χ2n) is 2.83. The van der Waals surface area contributed by atoms with E-state index in [1.54, 1.807) is 6.20 Å². The quantitative estimate of drug-likeness (QED) is 0.528. The molecule has 0 bridgehead atoms. The largest absolute Gasteiger partial charge is 0.435 e. The average molecular weight is 191 g/mol. The lowest BCUT2D eigenvalue weighted by molar-refractivity contribution is -0.138. The molecule has 0 saturated carbocycles. The topological polar surface area (TPSA) is 39.2 Å². The van der Waals surface area contributed by atoms with E-state index in [1.165, 1.54) is 0 Å². The third-order valence-corrected chi connectivity index (χ3v) is 1.75. The SMILES string of the molecule is C=COC(=O)CCCc1ccccn1. The molecular formula is C11H13NO2. The van der Waals surface area contributed by atoms with Gasteiger partial charge in [-0.25, -0.2) is 0 Å². The minimum absolute atomic E-state index is 0.240. The van der Waals surface area contributed by atoms with Crippen LogP contribution in [0.25, 0.3) is 0 Å². The van der Waals surface area contributed by atoms with Crippen LogP contribution < -0.4 is 0 Å². The maximum Gasteiger partial charge on any atom is 0.310 e. The average Bonchev–Trinajstić information content (AvgIpc) is 2.20. The van der Waals surface area contributed by atoms with Gasteiger partial charge in [0.15, 0.2) is 0 Å². The summed E-state index contributed by atoms with van der Waals surface area (Å²) in [4.78, 5) is 15.1. The minimum atomic E-state index is -0.240. The molecule has 0 fully saturated rings. The molecule has 14 heavy (non-hydrogen) atoms. The van der Waals surface area contributed by atoms with Crippen LogP contribution in [-0.4, -0.2) is 11.0 Å². The summed E-state index contributed by atoms with van der Waals surface area (Å²) in [5.74, 6) is -0.240. The Morgan fingerprint density at radius 1 is 1.57 bits per heavy atom. The highest BCUT2D eigenvalue weighted by molar-refractivity contribution is 5.69. The molecule has 0 N–H and O–H groups in total. The van der Waals surface area contributed by atoms with Crippen molar-refractivity contribution >= 4 is 5.97 Å². The minimum Gasteiger partial charge on any atom is -0.435 e. The monoisotopic (exact) mass is 191 g/mol. The molecule has 0 spiro atoms. The molecule has 0 saturated heterocycles. The predicted molar refractivity (Wildman–Crippen MR) is 53.5 cm³/mol. The molecule has 0 atom stereocenters. The molecule has 0 amide bonds. The highest BCUT2D eigenvalue weighted by atomic mass is 16.5. The number of ether oxygens (including phenoxy) is 1. The second-order valence-corrected chi connectivity index (χ2v) is 2.83. The molecule has 0 aliphatic heterocycles. The van der Waals surface area contributed by atoms with Gasteiger partial charge in [-0.15, -0.1) is 0 Å². The van der Waals surface area contributed by atoms with Gasteiger partial charge in [0.25, 0.3) is 0 Å². The first-order chi connectivity index (χ1) is 6.83. The molecule has 1 aromatic rings. The Balaban J connectivity index is 2.22. The van der Waals surface area contributed by atoms with Crippen molar-refractivity contribution in [1.82, 2.24) is 4.98 Å². The fourth-order valence-corrected chi connectivity index (χ4v) is 1.11. The zero-order chi connectivity index (χ0) is 10.2. The molecule has 0 aliphatic carbocycles. The summed E-state index contributed by atoms with van der Waals surface area (Å²) in [5.41, 5.74) is 0.999. The number of aromatic nitrogens is 1. The van der Waals surface area contributed by atoms with Gasteiger partial charge < -0.3 is 4.74 Å². The zero-order valence-electron chi connectivity index (χ0n) is 7.98. The van der Waals surface area contributed by atoms with Gasteiger partial charge in [0, 0.05) is 18.3 Å². The third kappa shape index (κ3) is 3.85. The van der Waals surface area contributed by atoms with Crippen molar-refractivity contribution in [2.45, 2.75) is 19.3 Å². The van der Waals surface area contributed by atoms with Gasteiger partial charge in [-0.05, 0) is 25.0 Å². The standard InChI is InChI=1S/C11H13NO2/c1-2-14-11(13)8-5-7-10-6-3-4-9-12-10/h2-4,6,9H,1,5,7-8H2. The first-order valence-electron chi connectivity index (χ1n) is 4.53. The van der Waals surface area contributed by atoms with Gasteiger partial charge in [-0.1, -0.05) is 12.6 Å². The number of carbonyl (C=O) groups is 1. The van der Waals surface area contributed by atoms with Crippen LogP contribution in [0.3, 0.4) is 0 Å². The number of nitrogens with zero attached hydrogens (tertiary/aromatic N) is 1. The molecule has 0 aromatic carbocycles. The summed E-state index contributed by atoms with van der Waals surface area (Å²) in [7, 11) is 0. The Bertz CT molecular complexity index is 295. The van der Waals surface area contributed by atoms with Crippen molar-refractivity contribution in [3.05, 3.63) is 42.9 Å². The van der Waals surface area contributed by atoms with Crippen LogP contribution in [0, 0.1) is 0 Å². The first-order valence-corrected chi connectivity index (χ1v) is 4.53. The zero-order valence-corrected chi connectivity index (χ0v) is 7.98. The molecule has 3 nitrogen and oxygen atoms in total. The summed E-state index contributed by atoms with van der Waals surface area (Å²) in [5, 5.41) is 0. The van der Waals surface area contributed by atoms with Crippen LogP contribution in [0.2, 0.25) is 0 Å². The van der Waals surface area contributed by atoms with E-state index in [-0.39, 0.29) is 5.97 Å². The van der Waals surface area contributed by atoms with Crippen LogP contribution in [0.15, 0.2) is 37.2 Å². The van der Waals surface area contributed by atoms with Gasteiger partial charge >= 0.3 is 5.97 Å². The molecular weight excluding hydrogens is 178 g/mol. The maximum absolute atomic E-state index is 10.9. The molecule has 1 rings (SSSR count). The molecule has 1 aromatic heterocycles. The Kier molecular flexibility index (Phi) is 4.41. The Morgan fingerprint density at radius 2 is 2.43 bits per heavy atom. The molecule has 0 aliphatic rings. The fourth-order valence-electron chi connectivity index (χ4n) is 1.11. The summed E-state index contributed by atoms with van der Waals surface area (Å²) in [6.45, 7) is 3.31. The van der Waals surface area contributed by atoms with Crippen LogP contribution in [-0.2, 0) is 16.0 Å². The van der Waals surface area contributed by atoms with E-state index < -0.39 is 0 Å². The first kappa shape index (κ1) is 10.4. The summed E-state index contributed by atoms with van der Waals surface area (Å²) < 4.78 is 4.58. The highest BCUT2D eigenvalue weighted by Crippen LogP contribution is 2.02. The number of aryl methyl sites for hydroxylation is 1. The van der Waals surface area contributed by atoms with Gasteiger partial charge in [-0.3, -0.25) is 9.78 Å². The van der Waals surface area contributed by atoms with Crippen molar-refractivity contribution in [2.75, 3.05) is 0 Å². The van der Waals surface area contributed by atoms with E-state index in [4.69, 9.17) is 0 Å². The van der Waals surface area contributed by atoms with Crippen molar-refractivity contribution < 1.29 is 9.53 Å². The Labute approximate surface area is 83.4 Å². The van der Waals surface area contributed by atoms with Crippen LogP contribution in [0.4, 0.5) is 0 Å². The number of hydrogen-bond acceptors (Lipinski definition) is 3. The highest BCUT2D eigenvalue weighted by Gasteiger charge is 2.00. The van der Waals surface area contributed by atoms with Gasteiger partial charge in [0.2, 0.25) is 0 Å². The molecule has 3 heteroatoms. The number of pyridine rings is 1. The summed E-state index contributed by atoms with van der Waals surface area (Å²) in [6, 6.07) is 5.75. The van der Waals surface area contributed by atoms with E-state index in [0.29, 0.717) is 6.42 Å². The fraction of sp³-hybridized carbons (Fsp3) is 0.273. The van der Waals surface area contributed by atoms with E-state index in [1.807, 2.05) is 18.2 Å². The third-order valence-electron chi connectivity index (χ3n) is 1.75. The van der Waals surface area contributed by atoms with E-state index in [0.717, 1.165) is 24.8 Å². The normalized spacial score (nSPS) is 9.43. The van der Waals surface area contributed by atoms with Gasteiger partial charge in [0.1, 0.15) is 0 Å². The van der Waals surface area contributed by atoms with Gasteiger partial charge in [0.05, 0.1) is 6.26 Å². The smallest absolute Gasteiger partial charge is 0.310 e. The van der Waals surface area contributed by atoms with Crippen molar-refractivity contribution in [1.29, 1.82) is 0 Å². The van der Waals surface area contributed by atoms with Crippen LogP contribution >= 0.6 is 0 Å². The molecule has 0 unspecified atom stereocenters. The van der Waals surface area contributed by atoms with E-state index in [2.05, 4.69) is 16.3 Å². The van der Waals surface area contributed by atoms with E-state index in [9.17, 15) is 4.79 Å². The molecule has 74 valence electrons. The summed E-state index contributed by atoms with van der Waals surface area (Å²) in [6.07, 6.45) is 4.86. The van der Waals surface area contributed by atoms with Crippen molar-refractivity contribution in [3.63, 3.8) is 0 Å². The second kappa shape index (κ2) is 5.91. The molecule has 0 radical (unpaired) electrons. The number of hydrogen-bond donors (Lipinski definition) is 0. The van der Waals surface area contributed by atoms with Crippen LogP contribution in [0.1, 0.15) is 18.5 Å². The van der Waals surface area contributed by atoms with Crippen molar-refractivity contribution in [3.8, 4) is 0 Å². The maximum atomic E-state index is 10.9.